The SMILES string of the molecule is O=C(c1ccccc1C(F)(F)F)N1CCN(Cc2ccc([N+](=O)[O-])cc2)CC1. The third kappa shape index (κ3) is 4.48. The van der Waals surface area contributed by atoms with Gasteiger partial charge >= 0.3 is 6.18 Å². The molecule has 0 N–H and O–H groups in total. The summed E-state index contributed by atoms with van der Waals surface area (Å²) in [6.45, 7) is 2.21. The van der Waals surface area contributed by atoms with Gasteiger partial charge in [0.25, 0.3) is 11.6 Å². The minimum Gasteiger partial charge on any atom is -0.336 e. The van der Waals surface area contributed by atoms with Crippen LogP contribution in [-0.2, 0) is 12.7 Å². The predicted octanol–water partition coefficient (Wildman–Crippen LogP) is 3.57. The number of nitro groups is 1. The number of rotatable bonds is 4. The maximum Gasteiger partial charge on any atom is 0.417 e. The van der Waals surface area contributed by atoms with E-state index in [4.69, 9.17) is 0 Å². The fourth-order valence-corrected chi connectivity index (χ4v) is 3.18. The van der Waals surface area contributed by atoms with Gasteiger partial charge in [0.1, 0.15) is 0 Å². The van der Waals surface area contributed by atoms with Crippen LogP contribution in [0.1, 0.15) is 21.5 Å². The summed E-state index contributed by atoms with van der Waals surface area (Å²) in [4.78, 5) is 26.3. The lowest BCUT2D eigenvalue weighted by molar-refractivity contribution is -0.384. The van der Waals surface area contributed by atoms with Crippen molar-refractivity contribution in [1.82, 2.24) is 9.80 Å². The predicted molar refractivity (Wildman–Crippen MR) is 95.7 cm³/mol. The molecule has 0 bridgehead atoms. The molecule has 148 valence electrons. The van der Waals surface area contributed by atoms with Gasteiger partial charge in [-0.25, -0.2) is 0 Å². The Hall–Kier alpha value is -2.94. The molecular formula is C19H18F3N3O3. The zero-order valence-corrected chi connectivity index (χ0v) is 14.9. The fourth-order valence-electron chi connectivity index (χ4n) is 3.18. The zero-order valence-electron chi connectivity index (χ0n) is 14.9. The highest BCUT2D eigenvalue weighted by Gasteiger charge is 2.36. The van der Waals surface area contributed by atoms with E-state index in [1.165, 1.54) is 35.2 Å². The van der Waals surface area contributed by atoms with Gasteiger partial charge in [-0.15, -0.1) is 0 Å². The second-order valence-electron chi connectivity index (χ2n) is 6.54. The van der Waals surface area contributed by atoms with Crippen molar-refractivity contribution in [2.24, 2.45) is 0 Å². The van der Waals surface area contributed by atoms with Gasteiger partial charge in [0.2, 0.25) is 0 Å². The van der Waals surface area contributed by atoms with Crippen LogP contribution >= 0.6 is 0 Å². The first-order valence-electron chi connectivity index (χ1n) is 8.67. The number of piperazine rings is 1. The minimum absolute atomic E-state index is 0.0162. The molecule has 0 aromatic heterocycles. The fraction of sp³-hybridized carbons (Fsp3) is 0.316. The summed E-state index contributed by atoms with van der Waals surface area (Å²) >= 11 is 0. The van der Waals surface area contributed by atoms with E-state index in [0.29, 0.717) is 32.7 Å². The van der Waals surface area contributed by atoms with Crippen LogP contribution in [0, 0.1) is 10.1 Å². The number of halogens is 3. The summed E-state index contributed by atoms with van der Waals surface area (Å²) in [5.74, 6) is -0.622. The maximum atomic E-state index is 13.1. The molecule has 2 aromatic carbocycles. The Balaban J connectivity index is 1.61. The van der Waals surface area contributed by atoms with Crippen molar-refractivity contribution in [3.8, 4) is 0 Å². The summed E-state index contributed by atoms with van der Waals surface area (Å²) in [5, 5.41) is 10.7. The Bertz CT molecular complexity index is 861. The molecule has 28 heavy (non-hydrogen) atoms. The van der Waals surface area contributed by atoms with Crippen molar-refractivity contribution < 1.29 is 22.9 Å². The van der Waals surface area contributed by atoms with E-state index in [9.17, 15) is 28.1 Å². The van der Waals surface area contributed by atoms with E-state index >= 15 is 0 Å². The molecule has 1 aliphatic rings. The molecule has 0 atom stereocenters. The van der Waals surface area contributed by atoms with Gasteiger partial charge in [-0.2, -0.15) is 13.2 Å². The number of benzene rings is 2. The molecule has 0 radical (unpaired) electrons. The average Bonchev–Trinajstić information content (AvgIpc) is 2.68. The van der Waals surface area contributed by atoms with Gasteiger partial charge in [-0.1, -0.05) is 24.3 Å². The number of non-ortho nitro benzene ring substituents is 1. The maximum absolute atomic E-state index is 13.1. The topological polar surface area (TPSA) is 66.7 Å². The van der Waals surface area contributed by atoms with Crippen molar-refractivity contribution in [1.29, 1.82) is 0 Å². The number of carbonyl (C=O) groups excluding carboxylic acids is 1. The number of nitro benzene ring substituents is 1. The van der Waals surface area contributed by atoms with Crippen LogP contribution in [0.5, 0.6) is 0 Å². The monoisotopic (exact) mass is 393 g/mol. The lowest BCUT2D eigenvalue weighted by Gasteiger charge is -2.35. The van der Waals surface area contributed by atoms with Gasteiger partial charge in [0.05, 0.1) is 16.1 Å². The summed E-state index contributed by atoms with van der Waals surface area (Å²) in [6, 6.07) is 11.0. The summed E-state index contributed by atoms with van der Waals surface area (Å²) in [7, 11) is 0. The van der Waals surface area contributed by atoms with Crippen LogP contribution in [0.25, 0.3) is 0 Å². The molecule has 1 fully saturated rings. The lowest BCUT2D eigenvalue weighted by atomic mass is 10.1. The Morgan fingerprint density at radius 3 is 2.18 bits per heavy atom. The smallest absolute Gasteiger partial charge is 0.336 e. The number of amides is 1. The number of alkyl halides is 3. The molecule has 9 heteroatoms. The number of carbonyl (C=O) groups is 1. The summed E-state index contributed by atoms with van der Waals surface area (Å²) in [5.41, 5.74) is -0.345. The molecule has 6 nitrogen and oxygen atoms in total. The van der Waals surface area contributed by atoms with Crippen LogP contribution in [0.3, 0.4) is 0 Å². The third-order valence-corrected chi connectivity index (χ3v) is 4.68. The van der Waals surface area contributed by atoms with E-state index in [1.54, 1.807) is 12.1 Å². The van der Waals surface area contributed by atoms with E-state index < -0.39 is 22.6 Å². The lowest BCUT2D eigenvalue weighted by Crippen LogP contribution is -2.48. The molecule has 3 rings (SSSR count). The van der Waals surface area contributed by atoms with Crippen LogP contribution in [0.4, 0.5) is 18.9 Å². The Labute approximate surface area is 159 Å². The largest absolute Gasteiger partial charge is 0.417 e. The Kier molecular flexibility index (Phi) is 5.64. The molecule has 0 aliphatic carbocycles. The van der Waals surface area contributed by atoms with E-state index in [-0.39, 0.29) is 11.3 Å². The van der Waals surface area contributed by atoms with Gasteiger partial charge in [0.15, 0.2) is 0 Å². The van der Waals surface area contributed by atoms with Crippen molar-refractivity contribution in [3.05, 3.63) is 75.3 Å². The molecule has 0 spiro atoms. The molecule has 1 aliphatic heterocycles. The molecular weight excluding hydrogens is 375 g/mol. The highest BCUT2D eigenvalue weighted by atomic mass is 19.4. The average molecular weight is 393 g/mol. The van der Waals surface area contributed by atoms with E-state index in [1.807, 2.05) is 0 Å². The van der Waals surface area contributed by atoms with Crippen LogP contribution < -0.4 is 0 Å². The van der Waals surface area contributed by atoms with Crippen LogP contribution in [0.2, 0.25) is 0 Å². The number of hydrogen-bond donors (Lipinski definition) is 0. The van der Waals surface area contributed by atoms with Gasteiger partial charge in [-0.3, -0.25) is 19.8 Å². The first kappa shape index (κ1) is 19.8. The van der Waals surface area contributed by atoms with Gasteiger partial charge in [-0.05, 0) is 17.7 Å². The number of hydrogen-bond acceptors (Lipinski definition) is 4. The highest BCUT2D eigenvalue weighted by molar-refractivity contribution is 5.96. The van der Waals surface area contributed by atoms with E-state index in [0.717, 1.165) is 11.6 Å². The Morgan fingerprint density at radius 2 is 1.61 bits per heavy atom. The third-order valence-electron chi connectivity index (χ3n) is 4.68. The Morgan fingerprint density at radius 1 is 1.00 bits per heavy atom. The quantitative estimate of drug-likeness (QED) is 0.588. The van der Waals surface area contributed by atoms with Crippen molar-refractivity contribution in [2.45, 2.75) is 12.7 Å². The second-order valence-corrected chi connectivity index (χ2v) is 6.54. The normalized spacial score (nSPS) is 15.5. The van der Waals surface area contributed by atoms with E-state index in [2.05, 4.69) is 4.90 Å². The first-order valence-corrected chi connectivity index (χ1v) is 8.67. The highest BCUT2D eigenvalue weighted by Crippen LogP contribution is 2.32. The van der Waals surface area contributed by atoms with Crippen molar-refractivity contribution in [2.75, 3.05) is 26.2 Å². The molecule has 1 amide bonds. The first-order chi connectivity index (χ1) is 13.3. The van der Waals surface area contributed by atoms with Gasteiger partial charge < -0.3 is 4.90 Å². The van der Waals surface area contributed by atoms with Gasteiger partial charge in [0, 0.05) is 44.9 Å². The molecule has 2 aromatic rings. The summed E-state index contributed by atoms with van der Waals surface area (Å²) < 4.78 is 39.4. The van der Waals surface area contributed by atoms with Crippen molar-refractivity contribution in [3.63, 3.8) is 0 Å². The van der Waals surface area contributed by atoms with Crippen molar-refractivity contribution >= 4 is 11.6 Å². The minimum atomic E-state index is -4.58. The standard InChI is InChI=1S/C19H18F3N3O3/c20-19(21,22)17-4-2-1-3-16(17)18(26)24-11-9-23(10-12-24)13-14-5-7-15(8-6-14)25(27)28/h1-8H,9-13H2. The van der Waals surface area contributed by atoms with Crippen LogP contribution in [-0.4, -0.2) is 46.8 Å². The summed E-state index contributed by atoms with van der Waals surface area (Å²) in [6.07, 6.45) is -4.58. The second kappa shape index (κ2) is 7.97. The molecule has 0 saturated carbocycles. The molecule has 1 saturated heterocycles. The zero-order chi connectivity index (χ0) is 20.3. The number of nitrogens with zero attached hydrogens (tertiary/aromatic N) is 3. The van der Waals surface area contributed by atoms with Crippen LogP contribution in [0.15, 0.2) is 48.5 Å². The molecule has 1 heterocycles. The molecule has 0 unspecified atom stereocenters.